The molecule has 0 aliphatic carbocycles. The first-order chi connectivity index (χ1) is 9.79. The molecule has 2 N–H and O–H groups in total. The van der Waals surface area contributed by atoms with Crippen LogP contribution in [0.3, 0.4) is 0 Å². The minimum atomic E-state index is -0.0155. The number of aliphatic hydroxyl groups is 1. The summed E-state index contributed by atoms with van der Waals surface area (Å²) in [4.78, 5) is 11.7. The Bertz CT molecular complexity index is 540. The van der Waals surface area contributed by atoms with Gasteiger partial charge < -0.3 is 10.4 Å². The molecule has 1 aromatic heterocycles. The number of hydrogen-bond acceptors (Lipinski definition) is 4. The molecule has 6 nitrogen and oxygen atoms in total. The maximum absolute atomic E-state index is 11.7. The monoisotopic (exact) mass is 274 g/mol. The van der Waals surface area contributed by atoms with Gasteiger partial charge in [-0.2, -0.15) is 0 Å². The fourth-order valence-electron chi connectivity index (χ4n) is 1.92. The quantitative estimate of drug-likeness (QED) is 0.785. The number of carbonyl (C=O) groups excluding carboxylic acids is 1. The highest BCUT2D eigenvalue weighted by Gasteiger charge is 2.04. The van der Waals surface area contributed by atoms with Crippen LogP contribution in [0.5, 0.6) is 0 Å². The topological polar surface area (TPSA) is 80.0 Å². The van der Waals surface area contributed by atoms with E-state index in [2.05, 4.69) is 15.6 Å². The number of benzene rings is 1. The first-order valence-corrected chi connectivity index (χ1v) is 6.58. The summed E-state index contributed by atoms with van der Waals surface area (Å²) < 4.78 is 1.70. The van der Waals surface area contributed by atoms with Crippen molar-refractivity contribution < 1.29 is 9.90 Å². The molecule has 1 aromatic carbocycles. The van der Waals surface area contributed by atoms with Crippen LogP contribution in [0.4, 0.5) is 0 Å². The Hall–Kier alpha value is -2.21. The third-order valence-electron chi connectivity index (χ3n) is 3.03. The molecule has 0 spiro atoms. The van der Waals surface area contributed by atoms with Crippen LogP contribution in [0.1, 0.15) is 24.0 Å². The zero-order chi connectivity index (χ0) is 14.2. The van der Waals surface area contributed by atoms with Gasteiger partial charge in [0.2, 0.25) is 5.91 Å². The summed E-state index contributed by atoms with van der Waals surface area (Å²) in [6.45, 7) is 1.11. The van der Waals surface area contributed by atoms with E-state index in [4.69, 9.17) is 0 Å². The van der Waals surface area contributed by atoms with E-state index in [-0.39, 0.29) is 12.5 Å². The molecular weight excluding hydrogens is 256 g/mol. The van der Waals surface area contributed by atoms with Crippen LogP contribution in [0.15, 0.2) is 36.7 Å². The molecule has 6 heteroatoms. The van der Waals surface area contributed by atoms with Gasteiger partial charge in [-0.25, -0.2) is 0 Å². The second kappa shape index (κ2) is 7.40. The Morgan fingerprint density at radius 1 is 1.30 bits per heavy atom. The molecule has 0 radical (unpaired) electrons. The number of carbonyl (C=O) groups is 1. The fraction of sp³-hybridized carbons (Fsp3) is 0.357. The number of aliphatic hydroxyl groups excluding tert-OH is 1. The van der Waals surface area contributed by atoms with Crippen molar-refractivity contribution in [1.82, 2.24) is 20.3 Å². The van der Waals surface area contributed by atoms with Crippen molar-refractivity contribution in [2.75, 3.05) is 0 Å². The second-order valence-electron chi connectivity index (χ2n) is 4.47. The molecule has 20 heavy (non-hydrogen) atoms. The van der Waals surface area contributed by atoms with Crippen LogP contribution in [0, 0.1) is 0 Å². The largest absolute Gasteiger partial charge is 0.392 e. The van der Waals surface area contributed by atoms with Gasteiger partial charge >= 0.3 is 0 Å². The van der Waals surface area contributed by atoms with Gasteiger partial charge in [0.25, 0.3) is 0 Å². The molecule has 0 aliphatic heterocycles. The van der Waals surface area contributed by atoms with E-state index in [0.717, 1.165) is 17.5 Å². The normalized spacial score (nSPS) is 10.4. The molecule has 1 amide bonds. The number of nitrogens with one attached hydrogen (secondary N) is 1. The van der Waals surface area contributed by atoms with Crippen molar-refractivity contribution in [2.24, 2.45) is 0 Å². The SMILES string of the molecule is O=C(CCCn1ccnn1)NCc1ccccc1CO. The average Bonchev–Trinajstić information content (AvgIpc) is 2.98. The highest BCUT2D eigenvalue weighted by molar-refractivity contribution is 5.75. The van der Waals surface area contributed by atoms with Crippen molar-refractivity contribution in [1.29, 1.82) is 0 Å². The third-order valence-corrected chi connectivity index (χ3v) is 3.03. The Labute approximate surface area is 117 Å². The van der Waals surface area contributed by atoms with Crippen molar-refractivity contribution in [3.63, 3.8) is 0 Å². The van der Waals surface area contributed by atoms with Gasteiger partial charge in [-0.1, -0.05) is 29.5 Å². The highest BCUT2D eigenvalue weighted by Crippen LogP contribution is 2.08. The van der Waals surface area contributed by atoms with Gasteiger partial charge in [0, 0.05) is 25.7 Å². The zero-order valence-corrected chi connectivity index (χ0v) is 11.2. The van der Waals surface area contributed by atoms with Crippen LogP contribution in [0.2, 0.25) is 0 Å². The molecule has 2 rings (SSSR count). The van der Waals surface area contributed by atoms with Crippen molar-refractivity contribution in [3.8, 4) is 0 Å². The van der Waals surface area contributed by atoms with E-state index in [0.29, 0.717) is 19.5 Å². The fourth-order valence-corrected chi connectivity index (χ4v) is 1.92. The number of hydrogen-bond donors (Lipinski definition) is 2. The number of aromatic nitrogens is 3. The van der Waals surface area contributed by atoms with E-state index >= 15 is 0 Å². The molecular formula is C14H18N4O2. The molecule has 0 fully saturated rings. The molecule has 1 heterocycles. The Kier molecular flexibility index (Phi) is 5.25. The summed E-state index contributed by atoms with van der Waals surface area (Å²) in [5.74, 6) is -0.00198. The highest BCUT2D eigenvalue weighted by atomic mass is 16.3. The molecule has 0 saturated carbocycles. The van der Waals surface area contributed by atoms with Crippen LogP contribution in [0.25, 0.3) is 0 Å². The second-order valence-corrected chi connectivity index (χ2v) is 4.47. The lowest BCUT2D eigenvalue weighted by atomic mass is 10.1. The maximum atomic E-state index is 11.7. The molecule has 0 saturated heterocycles. The number of aryl methyl sites for hydroxylation is 1. The summed E-state index contributed by atoms with van der Waals surface area (Å²) in [6, 6.07) is 7.52. The first-order valence-electron chi connectivity index (χ1n) is 6.58. The van der Waals surface area contributed by atoms with Gasteiger partial charge in [-0.3, -0.25) is 9.48 Å². The Balaban J connectivity index is 1.72. The Morgan fingerprint density at radius 3 is 2.80 bits per heavy atom. The zero-order valence-electron chi connectivity index (χ0n) is 11.2. The van der Waals surface area contributed by atoms with Gasteiger partial charge in [0.05, 0.1) is 12.8 Å². The van der Waals surface area contributed by atoms with Gasteiger partial charge in [-0.15, -0.1) is 5.10 Å². The lowest BCUT2D eigenvalue weighted by molar-refractivity contribution is -0.121. The van der Waals surface area contributed by atoms with Gasteiger partial charge in [0.1, 0.15) is 0 Å². The molecule has 0 bridgehead atoms. The van der Waals surface area contributed by atoms with Crippen molar-refractivity contribution in [2.45, 2.75) is 32.5 Å². The molecule has 2 aromatic rings. The summed E-state index contributed by atoms with van der Waals surface area (Å²) in [6.07, 6.45) is 4.55. The summed E-state index contributed by atoms with van der Waals surface area (Å²) in [5, 5.41) is 19.6. The van der Waals surface area contributed by atoms with E-state index in [1.54, 1.807) is 17.1 Å². The standard InChI is InChI=1S/C14H18N4O2/c19-11-13-5-2-1-4-12(13)10-15-14(20)6-3-8-18-9-7-16-17-18/h1-2,4-5,7,9,19H,3,6,8,10-11H2,(H,15,20). The van der Waals surface area contributed by atoms with Crippen molar-refractivity contribution in [3.05, 3.63) is 47.8 Å². The predicted octanol–water partition coefficient (Wildman–Crippen LogP) is 0.867. The first kappa shape index (κ1) is 14.2. The van der Waals surface area contributed by atoms with Crippen LogP contribution in [-0.2, 0) is 24.5 Å². The van der Waals surface area contributed by atoms with E-state index in [1.165, 1.54) is 0 Å². The number of rotatable bonds is 7. The van der Waals surface area contributed by atoms with Crippen LogP contribution in [-0.4, -0.2) is 26.0 Å². The summed E-state index contributed by atoms with van der Waals surface area (Å²) >= 11 is 0. The lowest BCUT2D eigenvalue weighted by Crippen LogP contribution is -2.23. The Morgan fingerprint density at radius 2 is 2.10 bits per heavy atom. The lowest BCUT2D eigenvalue weighted by Gasteiger charge is -2.09. The number of amides is 1. The van der Waals surface area contributed by atoms with Gasteiger partial charge in [-0.05, 0) is 17.5 Å². The molecule has 106 valence electrons. The van der Waals surface area contributed by atoms with E-state index in [1.807, 2.05) is 24.3 Å². The molecule has 0 unspecified atom stereocenters. The average molecular weight is 274 g/mol. The van der Waals surface area contributed by atoms with E-state index in [9.17, 15) is 9.90 Å². The van der Waals surface area contributed by atoms with Crippen LogP contribution < -0.4 is 5.32 Å². The smallest absolute Gasteiger partial charge is 0.220 e. The maximum Gasteiger partial charge on any atom is 0.220 e. The summed E-state index contributed by atoms with van der Waals surface area (Å²) in [5.41, 5.74) is 1.79. The molecule has 0 aliphatic rings. The predicted molar refractivity (Wildman–Crippen MR) is 73.5 cm³/mol. The summed E-state index contributed by atoms with van der Waals surface area (Å²) in [7, 11) is 0. The molecule has 0 atom stereocenters. The van der Waals surface area contributed by atoms with Crippen molar-refractivity contribution >= 4 is 5.91 Å². The third kappa shape index (κ3) is 4.17. The van der Waals surface area contributed by atoms with Crippen LogP contribution >= 0.6 is 0 Å². The minimum Gasteiger partial charge on any atom is -0.392 e. The van der Waals surface area contributed by atoms with E-state index < -0.39 is 0 Å². The number of nitrogens with zero attached hydrogens (tertiary/aromatic N) is 3. The van der Waals surface area contributed by atoms with Gasteiger partial charge in [0.15, 0.2) is 0 Å². The minimum absolute atomic E-state index is 0.00198.